The number of rotatable bonds is 6. The zero-order valence-corrected chi connectivity index (χ0v) is 29.0. The van der Waals surface area contributed by atoms with Crippen molar-refractivity contribution < 1.29 is 23.7 Å². The lowest BCUT2D eigenvalue weighted by Gasteiger charge is -2.38. The molecule has 0 fully saturated rings. The van der Waals surface area contributed by atoms with Crippen LogP contribution in [0.15, 0.2) is 77.3 Å². The maximum atomic E-state index is 7.44. The fourth-order valence-electron chi connectivity index (χ4n) is 7.36. The molecule has 1 heterocycles. The smallest absolute Gasteiger partial charge is 0.178 e. The number of benzene rings is 5. The molecule has 7 rings (SSSR count). The standard InChI is InChI=1S/C40H37BrO5/c1-22-19-31-34-29-20-32(44-7)33(45-8)21-30(29)38-28(35(34)39(3,4)36(31)37(41)23(22)2)17-18-40(46-38,24-9-13-26(42-5)14-10-24)25-11-15-27(43-6)16-12-25/h9-21H,1-8H3. The molecule has 0 amide bonds. The van der Waals surface area contributed by atoms with E-state index in [9.17, 15) is 0 Å². The molecule has 0 N–H and O–H groups in total. The molecule has 0 spiro atoms. The Hall–Kier alpha value is -4.42. The summed E-state index contributed by atoms with van der Waals surface area (Å²) in [5, 5.41) is 2.02. The van der Waals surface area contributed by atoms with Crippen molar-refractivity contribution in [3.63, 3.8) is 0 Å². The summed E-state index contributed by atoms with van der Waals surface area (Å²) in [6.07, 6.45) is 4.44. The third-order valence-corrected chi connectivity index (χ3v) is 10.9. The van der Waals surface area contributed by atoms with Crippen LogP contribution in [-0.2, 0) is 11.0 Å². The molecule has 6 heteroatoms. The van der Waals surface area contributed by atoms with Crippen molar-refractivity contribution in [3.05, 3.63) is 116 Å². The third kappa shape index (κ3) is 4.19. The van der Waals surface area contributed by atoms with Crippen molar-refractivity contribution in [2.45, 2.75) is 38.7 Å². The lowest BCUT2D eigenvalue weighted by molar-refractivity contribution is 0.163. The van der Waals surface area contributed by atoms with Gasteiger partial charge in [0, 0.05) is 32.0 Å². The largest absolute Gasteiger partial charge is 0.497 e. The Morgan fingerprint density at radius 3 is 1.74 bits per heavy atom. The van der Waals surface area contributed by atoms with Gasteiger partial charge in [0.05, 0.1) is 28.4 Å². The van der Waals surface area contributed by atoms with Gasteiger partial charge in [0.1, 0.15) is 17.2 Å². The van der Waals surface area contributed by atoms with E-state index in [1.54, 1.807) is 28.4 Å². The first-order chi connectivity index (χ1) is 22.1. The molecule has 0 radical (unpaired) electrons. The second-order valence-electron chi connectivity index (χ2n) is 12.6. The first kappa shape index (κ1) is 30.2. The summed E-state index contributed by atoms with van der Waals surface area (Å²) in [6, 6.07) is 22.7. The average Bonchev–Trinajstić information content (AvgIpc) is 3.32. The number of aryl methyl sites for hydroxylation is 1. The highest BCUT2D eigenvalue weighted by Gasteiger charge is 2.45. The Morgan fingerprint density at radius 2 is 1.22 bits per heavy atom. The number of hydrogen-bond donors (Lipinski definition) is 0. The van der Waals surface area contributed by atoms with E-state index in [1.165, 1.54) is 33.4 Å². The van der Waals surface area contributed by atoms with Gasteiger partial charge in [-0.3, -0.25) is 0 Å². The molecule has 1 aliphatic heterocycles. The number of methoxy groups -OCH3 is 4. The molecule has 0 atom stereocenters. The van der Waals surface area contributed by atoms with Crippen LogP contribution in [0.25, 0.3) is 28.0 Å². The van der Waals surface area contributed by atoms with Gasteiger partial charge in [-0.25, -0.2) is 0 Å². The second-order valence-corrected chi connectivity index (χ2v) is 13.3. The third-order valence-electron chi connectivity index (χ3n) is 9.88. The average molecular weight is 678 g/mol. The number of halogens is 1. The Bertz CT molecular complexity index is 2010. The maximum Gasteiger partial charge on any atom is 0.178 e. The molecule has 234 valence electrons. The fourth-order valence-corrected chi connectivity index (χ4v) is 8.38. The Kier molecular flexibility index (Phi) is 7.13. The molecule has 46 heavy (non-hydrogen) atoms. The first-order valence-corrected chi connectivity index (χ1v) is 16.1. The van der Waals surface area contributed by atoms with Crippen molar-refractivity contribution in [2.24, 2.45) is 0 Å². The van der Waals surface area contributed by atoms with Gasteiger partial charge in [0.25, 0.3) is 0 Å². The van der Waals surface area contributed by atoms with Gasteiger partial charge >= 0.3 is 0 Å². The van der Waals surface area contributed by atoms with Gasteiger partial charge in [-0.1, -0.05) is 66.2 Å². The molecule has 0 saturated heterocycles. The topological polar surface area (TPSA) is 46.2 Å². The lowest BCUT2D eigenvalue weighted by atomic mass is 9.76. The Labute approximate surface area is 278 Å². The maximum absolute atomic E-state index is 7.44. The van der Waals surface area contributed by atoms with Gasteiger partial charge in [0.2, 0.25) is 0 Å². The van der Waals surface area contributed by atoms with Crippen molar-refractivity contribution in [1.29, 1.82) is 0 Å². The SMILES string of the molecule is COc1ccc(C2(c3ccc(OC)cc3)C=Cc3c4c(c5cc(OC)c(OC)cc5c3O2)-c2cc(C)c(C)c(Br)c2C4(C)C)cc1. The Balaban J connectivity index is 1.59. The van der Waals surface area contributed by atoms with Crippen LogP contribution in [0.2, 0.25) is 0 Å². The minimum atomic E-state index is -0.927. The van der Waals surface area contributed by atoms with Crippen LogP contribution in [0.1, 0.15) is 52.8 Å². The zero-order chi connectivity index (χ0) is 32.5. The molecule has 2 aliphatic rings. The highest BCUT2D eigenvalue weighted by atomic mass is 79.9. The molecule has 1 aliphatic carbocycles. The molecular weight excluding hydrogens is 640 g/mol. The minimum absolute atomic E-state index is 0.318. The van der Waals surface area contributed by atoms with Crippen LogP contribution in [0, 0.1) is 13.8 Å². The van der Waals surface area contributed by atoms with E-state index in [4.69, 9.17) is 23.7 Å². The van der Waals surface area contributed by atoms with Gasteiger partial charge in [-0.05, 0) is 95.1 Å². The van der Waals surface area contributed by atoms with Crippen LogP contribution in [0.4, 0.5) is 0 Å². The normalized spacial score (nSPS) is 15.1. The summed E-state index contributed by atoms with van der Waals surface area (Å²) in [7, 11) is 6.71. The van der Waals surface area contributed by atoms with Crippen LogP contribution >= 0.6 is 15.9 Å². The van der Waals surface area contributed by atoms with Gasteiger partial charge in [0.15, 0.2) is 17.1 Å². The molecule has 0 unspecified atom stereocenters. The van der Waals surface area contributed by atoms with E-state index in [0.29, 0.717) is 11.5 Å². The fraction of sp³-hybridized carbons (Fsp3) is 0.250. The molecule has 0 bridgehead atoms. The summed E-state index contributed by atoms with van der Waals surface area (Å²) < 4.78 is 31.3. The zero-order valence-electron chi connectivity index (χ0n) is 27.4. The van der Waals surface area contributed by atoms with E-state index < -0.39 is 5.60 Å². The Morgan fingerprint density at radius 1 is 0.674 bits per heavy atom. The molecule has 5 nitrogen and oxygen atoms in total. The number of ether oxygens (including phenoxy) is 5. The van der Waals surface area contributed by atoms with Gasteiger partial charge < -0.3 is 23.7 Å². The van der Waals surface area contributed by atoms with Crippen molar-refractivity contribution in [2.75, 3.05) is 28.4 Å². The van der Waals surface area contributed by atoms with Gasteiger partial charge in [-0.15, -0.1) is 0 Å². The molecule has 5 aromatic carbocycles. The summed E-state index contributed by atoms with van der Waals surface area (Å²) in [5.41, 5.74) is 9.21. The van der Waals surface area contributed by atoms with Gasteiger partial charge in [-0.2, -0.15) is 0 Å². The highest BCUT2D eigenvalue weighted by Crippen LogP contribution is 2.61. The van der Waals surface area contributed by atoms with Crippen LogP contribution in [-0.4, -0.2) is 28.4 Å². The predicted molar refractivity (Wildman–Crippen MR) is 188 cm³/mol. The van der Waals surface area contributed by atoms with E-state index >= 15 is 0 Å². The second kappa shape index (κ2) is 10.8. The quantitative estimate of drug-likeness (QED) is 0.179. The lowest BCUT2D eigenvalue weighted by Crippen LogP contribution is -2.35. The van der Waals surface area contributed by atoms with E-state index in [0.717, 1.165) is 49.2 Å². The molecule has 0 aromatic heterocycles. The van der Waals surface area contributed by atoms with E-state index in [2.05, 4.69) is 98.2 Å². The van der Waals surface area contributed by atoms with E-state index in [-0.39, 0.29) is 5.41 Å². The van der Waals surface area contributed by atoms with E-state index in [1.807, 2.05) is 24.3 Å². The molecule has 0 saturated carbocycles. The van der Waals surface area contributed by atoms with Crippen molar-refractivity contribution in [3.8, 4) is 39.9 Å². The highest BCUT2D eigenvalue weighted by molar-refractivity contribution is 9.10. The minimum Gasteiger partial charge on any atom is -0.497 e. The van der Waals surface area contributed by atoms with Crippen LogP contribution in [0.3, 0.4) is 0 Å². The van der Waals surface area contributed by atoms with Crippen molar-refractivity contribution in [1.82, 2.24) is 0 Å². The van der Waals surface area contributed by atoms with Crippen molar-refractivity contribution >= 4 is 32.8 Å². The molecule has 5 aromatic rings. The summed E-state index contributed by atoms with van der Waals surface area (Å²) >= 11 is 4.02. The first-order valence-electron chi connectivity index (χ1n) is 15.3. The monoisotopic (exact) mass is 676 g/mol. The van der Waals surface area contributed by atoms with Crippen LogP contribution in [0.5, 0.6) is 28.7 Å². The predicted octanol–water partition coefficient (Wildman–Crippen LogP) is 9.91. The summed E-state index contributed by atoms with van der Waals surface area (Å²) in [6.45, 7) is 8.98. The molecular formula is C40H37BrO5. The summed E-state index contributed by atoms with van der Waals surface area (Å²) in [5.74, 6) is 3.69. The van der Waals surface area contributed by atoms with Crippen LogP contribution < -0.4 is 23.7 Å². The summed E-state index contributed by atoms with van der Waals surface area (Å²) in [4.78, 5) is 0. The number of hydrogen-bond acceptors (Lipinski definition) is 5. The number of fused-ring (bicyclic) bond motifs is 8.